The van der Waals surface area contributed by atoms with Crippen molar-refractivity contribution in [3.05, 3.63) is 51.2 Å². The van der Waals surface area contributed by atoms with Gasteiger partial charge in [0.05, 0.1) is 0 Å². The number of thiophene rings is 1. The molecule has 0 bridgehead atoms. The van der Waals surface area contributed by atoms with Crippen LogP contribution >= 0.6 is 23.1 Å². The van der Waals surface area contributed by atoms with Crippen molar-refractivity contribution in [2.75, 3.05) is 12.3 Å². The van der Waals surface area contributed by atoms with E-state index in [1.165, 1.54) is 10.5 Å². The Morgan fingerprint density at radius 2 is 1.79 bits per heavy atom. The molecule has 24 heavy (non-hydrogen) atoms. The molecule has 0 saturated carbocycles. The summed E-state index contributed by atoms with van der Waals surface area (Å²) >= 11 is 3.34. The predicted molar refractivity (Wildman–Crippen MR) is 102 cm³/mol. The fourth-order valence-corrected chi connectivity index (χ4v) is 4.06. The summed E-state index contributed by atoms with van der Waals surface area (Å²) in [4.78, 5) is 27.4. The zero-order chi connectivity index (χ0) is 17.5. The Bertz CT molecular complexity index is 705. The first-order chi connectivity index (χ1) is 11.5. The van der Waals surface area contributed by atoms with Gasteiger partial charge in [0.15, 0.2) is 5.78 Å². The van der Waals surface area contributed by atoms with Gasteiger partial charge in [-0.3, -0.25) is 9.59 Å². The van der Waals surface area contributed by atoms with Gasteiger partial charge in [0, 0.05) is 45.4 Å². The van der Waals surface area contributed by atoms with Gasteiger partial charge in [0.1, 0.15) is 0 Å². The lowest BCUT2D eigenvalue weighted by Gasteiger charge is -2.05. The maximum absolute atomic E-state index is 12.1. The van der Waals surface area contributed by atoms with Gasteiger partial charge < -0.3 is 5.32 Å². The normalized spacial score (nSPS) is 10.6. The minimum Gasteiger partial charge on any atom is -0.355 e. The Morgan fingerprint density at radius 3 is 2.42 bits per heavy atom. The lowest BCUT2D eigenvalue weighted by atomic mass is 10.1. The predicted octanol–water partition coefficient (Wildman–Crippen LogP) is 4.54. The Kier molecular flexibility index (Phi) is 7.06. The van der Waals surface area contributed by atoms with Crippen LogP contribution < -0.4 is 5.32 Å². The molecule has 2 rings (SSSR count). The maximum Gasteiger partial charge on any atom is 0.220 e. The zero-order valence-corrected chi connectivity index (χ0v) is 16.0. The molecule has 1 N–H and O–H groups in total. The maximum atomic E-state index is 12.1. The van der Waals surface area contributed by atoms with Crippen molar-refractivity contribution in [2.45, 2.75) is 38.5 Å². The summed E-state index contributed by atoms with van der Waals surface area (Å²) in [5.41, 5.74) is 2.01. The highest BCUT2D eigenvalue weighted by molar-refractivity contribution is 7.99. The number of carbonyl (C=O) groups excluding carboxylic acids is 2. The molecule has 0 radical (unpaired) electrons. The molecule has 2 aromatic rings. The molecule has 0 fully saturated rings. The Hall–Kier alpha value is -1.59. The number of amides is 1. The van der Waals surface area contributed by atoms with E-state index in [1.807, 2.05) is 19.9 Å². The van der Waals surface area contributed by atoms with Gasteiger partial charge in [0.2, 0.25) is 5.91 Å². The molecule has 5 heteroatoms. The summed E-state index contributed by atoms with van der Waals surface area (Å²) in [5, 5.41) is 2.88. The lowest BCUT2D eigenvalue weighted by Crippen LogP contribution is -2.26. The van der Waals surface area contributed by atoms with Gasteiger partial charge in [-0.2, -0.15) is 0 Å². The molecule has 0 aliphatic carbocycles. The molecular formula is C19H23NO2S2. The molecular weight excluding hydrogens is 338 g/mol. The summed E-state index contributed by atoms with van der Waals surface area (Å²) in [6.07, 6.45) is 0.524. The lowest BCUT2D eigenvalue weighted by molar-refractivity contribution is -0.120. The molecule has 0 spiro atoms. The average Bonchev–Trinajstić information content (AvgIpc) is 2.89. The summed E-state index contributed by atoms with van der Waals surface area (Å²) in [5.74, 6) is 0.824. The van der Waals surface area contributed by atoms with Crippen LogP contribution in [0.4, 0.5) is 0 Å². The van der Waals surface area contributed by atoms with E-state index < -0.39 is 0 Å². The van der Waals surface area contributed by atoms with E-state index >= 15 is 0 Å². The second-order valence-corrected chi connectivity index (χ2v) is 8.39. The van der Waals surface area contributed by atoms with Crippen LogP contribution in [0.1, 0.15) is 38.5 Å². The first-order valence-electron chi connectivity index (χ1n) is 8.02. The van der Waals surface area contributed by atoms with Crippen molar-refractivity contribution in [3.8, 4) is 0 Å². The van der Waals surface area contributed by atoms with Crippen molar-refractivity contribution >= 4 is 34.8 Å². The number of ketones is 1. The molecule has 0 aliphatic rings. The van der Waals surface area contributed by atoms with Gasteiger partial charge in [-0.15, -0.1) is 23.1 Å². The summed E-state index contributed by atoms with van der Waals surface area (Å²) in [6.45, 7) is 6.62. The largest absolute Gasteiger partial charge is 0.355 e. The molecule has 1 aromatic carbocycles. The van der Waals surface area contributed by atoms with Crippen molar-refractivity contribution in [1.82, 2.24) is 5.32 Å². The first kappa shape index (κ1) is 18.7. The van der Waals surface area contributed by atoms with Crippen LogP contribution in [0.15, 0.2) is 35.2 Å². The van der Waals surface area contributed by atoms with Gasteiger partial charge in [0.25, 0.3) is 0 Å². The third-order valence-corrected chi connectivity index (χ3v) is 5.61. The van der Waals surface area contributed by atoms with Crippen molar-refractivity contribution in [3.63, 3.8) is 0 Å². The molecule has 128 valence electrons. The fourth-order valence-electron chi connectivity index (χ4n) is 2.35. The SMILES string of the molecule is Cc1ccc(SCCNC(=O)CCC(=O)c2cc(C)sc2C)cc1. The van der Waals surface area contributed by atoms with Crippen LogP contribution in [0.2, 0.25) is 0 Å². The molecule has 1 amide bonds. The number of thioether (sulfide) groups is 1. The molecule has 3 nitrogen and oxygen atoms in total. The minimum absolute atomic E-state index is 0.0565. The van der Waals surface area contributed by atoms with E-state index in [2.05, 4.69) is 36.5 Å². The standard InChI is InChI=1S/C19H23NO2S2/c1-13-4-6-16(7-5-13)23-11-10-20-19(22)9-8-18(21)17-12-14(2)24-15(17)3/h4-7,12H,8-11H2,1-3H3,(H,20,22). The molecule has 0 saturated heterocycles. The van der Waals surface area contributed by atoms with Crippen molar-refractivity contribution in [2.24, 2.45) is 0 Å². The van der Waals surface area contributed by atoms with Gasteiger partial charge in [-0.05, 0) is 39.0 Å². The zero-order valence-electron chi connectivity index (χ0n) is 14.3. The highest BCUT2D eigenvalue weighted by Crippen LogP contribution is 2.22. The van der Waals surface area contributed by atoms with E-state index in [-0.39, 0.29) is 24.5 Å². The smallest absolute Gasteiger partial charge is 0.220 e. The highest BCUT2D eigenvalue weighted by Gasteiger charge is 2.13. The van der Waals surface area contributed by atoms with Crippen molar-refractivity contribution < 1.29 is 9.59 Å². The Balaban J connectivity index is 1.65. The van der Waals surface area contributed by atoms with Crippen LogP contribution in [0.25, 0.3) is 0 Å². The topological polar surface area (TPSA) is 46.2 Å². The number of rotatable bonds is 8. The van der Waals surface area contributed by atoms with E-state index in [9.17, 15) is 9.59 Å². The number of benzene rings is 1. The second kappa shape index (κ2) is 9.04. The van der Waals surface area contributed by atoms with Crippen LogP contribution in [0.5, 0.6) is 0 Å². The van der Waals surface area contributed by atoms with Crippen molar-refractivity contribution in [1.29, 1.82) is 0 Å². The van der Waals surface area contributed by atoms with Crippen LogP contribution in [0, 0.1) is 20.8 Å². The average molecular weight is 362 g/mol. The van der Waals surface area contributed by atoms with Gasteiger partial charge >= 0.3 is 0 Å². The van der Waals surface area contributed by atoms with Gasteiger partial charge in [-0.25, -0.2) is 0 Å². The third-order valence-electron chi connectivity index (χ3n) is 3.63. The minimum atomic E-state index is -0.0579. The second-order valence-electron chi connectivity index (χ2n) is 5.76. The van der Waals surface area contributed by atoms with E-state index in [0.717, 1.165) is 21.1 Å². The Morgan fingerprint density at radius 1 is 1.08 bits per heavy atom. The summed E-state index contributed by atoms with van der Waals surface area (Å²) in [7, 11) is 0. The van der Waals surface area contributed by atoms with E-state index in [4.69, 9.17) is 0 Å². The Labute approximate surface area is 151 Å². The highest BCUT2D eigenvalue weighted by atomic mass is 32.2. The van der Waals surface area contributed by atoms with Crippen LogP contribution in [0.3, 0.4) is 0 Å². The number of carbonyl (C=O) groups is 2. The number of nitrogens with one attached hydrogen (secondary N) is 1. The number of Topliss-reactive ketones (excluding diaryl/α,β-unsaturated/α-hetero) is 1. The van der Waals surface area contributed by atoms with Crippen LogP contribution in [-0.4, -0.2) is 24.0 Å². The quantitative estimate of drug-likeness (QED) is 0.426. The molecule has 0 aliphatic heterocycles. The first-order valence-corrected chi connectivity index (χ1v) is 9.82. The number of hydrogen-bond donors (Lipinski definition) is 1. The van der Waals surface area contributed by atoms with E-state index in [0.29, 0.717) is 6.54 Å². The molecule has 0 unspecified atom stereocenters. The molecule has 0 atom stereocenters. The number of hydrogen-bond acceptors (Lipinski definition) is 4. The van der Waals surface area contributed by atoms with Crippen LogP contribution in [-0.2, 0) is 4.79 Å². The molecule has 1 aromatic heterocycles. The van der Waals surface area contributed by atoms with E-state index in [1.54, 1.807) is 23.1 Å². The number of aryl methyl sites for hydroxylation is 3. The summed E-state index contributed by atoms with van der Waals surface area (Å²) < 4.78 is 0. The third kappa shape index (κ3) is 5.80. The monoisotopic (exact) mass is 361 g/mol. The fraction of sp³-hybridized carbons (Fsp3) is 0.368. The van der Waals surface area contributed by atoms with Gasteiger partial charge in [-0.1, -0.05) is 17.7 Å². The molecule has 1 heterocycles. The summed E-state index contributed by atoms with van der Waals surface area (Å²) in [6, 6.07) is 10.3.